The molecule has 0 fully saturated rings. The van der Waals surface area contributed by atoms with Gasteiger partial charge in [-0.2, -0.15) is 0 Å². The minimum Gasteiger partial charge on any atom is -0.507 e. The van der Waals surface area contributed by atoms with Crippen LogP contribution in [0.25, 0.3) is 0 Å². The second-order valence-electron chi connectivity index (χ2n) is 7.66. The van der Waals surface area contributed by atoms with Crippen molar-refractivity contribution in [3.63, 3.8) is 0 Å². The average Bonchev–Trinajstić information content (AvgIpc) is 2.34. The molecule has 0 saturated heterocycles. The molecule has 1 aromatic carbocycles. The molecule has 4 nitrogen and oxygen atoms in total. The normalized spacial score (nSPS) is 15.5. The Balaban J connectivity index is 3.26. The van der Waals surface area contributed by atoms with E-state index in [2.05, 4.69) is 0 Å². The van der Waals surface area contributed by atoms with Gasteiger partial charge in [-0.3, -0.25) is 9.05 Å². The van der Waals surface area contributed by atoms with Crippen LogP contribution in [0.15, 0.2) is 12.1 Å². The average molecular weight is 363 g/mol. The first-order chi connectivity index (χ1) is 10.3. The van der Waals surface area contributed by atoms with Crippen LogP contribution in [0.1, 0.15) is 65.2 Å². The highest BCUT2D eigenvalue weighted by Gasteiger charge is 2.27. The number of rotatable bonds is 5. The van der Waals surface area contributed by atoms with Crippen LogP contribution in [-0.2, 0) is 31.0 Å². The zero-order valence-corrected chi connectivity index (χ0v) is 16.7. The van der Waals surface area contributed by atoms with Gasteiger partial charge in [-0.25, -0.2) is 4.57 Å². The molecule has 0 saturated carbocycles. The Hall–Kier alpha value is -0.540. The lowest BCUT2D eigenvalue weighted by molar-refractivity contribution is 0.219. The van der Waals surface area contributed by atoms with Gasteiger partial charge in [-0.1, -0.05) is 41.5 Å². The van der Waals surface area contributed by atoms with Gasteiger partial charge >= 0.3 is 6.95 Å². The lowest BCUT2D eigenvalue weighted by atomic mass is 9.78. The molecule has 1 N–H and O–H groups in total. The van der Waals surface area contributed by atoms with Crippen LogP contribution in [0.2, 0.25) is 0 Å². The van der Waals surface area contributed by atoms with E-state index >= 15 is 0 Å². The Morgan fingerprint density at radius 1 is 1.04 bits per heavy atom. The predicted molar refractivity (Wildman–Crippen MR) is 95.4 cm³/mol. The number of phenolic OH excluding ortho intramolecular Hbond substituents is 1. The molecule has 0 aliphatic heterocycles. The van der Waals surface area contributed by atoms with Crippen molar-refractivity contribution in [1.82, 2.24) is 0 Å². The van der Waals surface area contributed by atoms with E-state index < -0.39 is 6.95 Å². The summed E-state index contributed by atoms with van der Waals surface area (Å²) < 4.78 is 22.1. The third-order valence-corrected chi connectivity index (χ3v) is 5.04. The van der Waals surface area contributed by atoms with E-state index in [9.17, 15) is 9.67 Å². The molecule has 6 heteroatoms. The van der Waals surface area contributed by atoms with Gasteiger partial charge in [0, 0.05) is 11.2 Å². The summed E-state index contributed by atoms with van der Waals surface area (Å²) in [4.78, 5) is 0. The summed E-state index contributed by atoms with van der Waals surface area (Å²) in [6, 6.07) is 3.74. The number of halogens is 1. The van der Waals surface area contributed by atoms with E-state index in [-0.39, 0.29) is 24.0 Å². The molecule has 1 rings (SSSR count). The number of hydrogen-bond acceptors (Lipinski definition) is 4. The van der Waals surface area contributed by atoms with Crippen LogP contribution in [0.4, 0.5) is 0 Å². The molecular weight excluding hydrogens is 335 g/mol. The first-order valence-corrected chi connectivity index (χ1v) is 10.2. The van der Waals surface area contributed by atoms with Gasteiger partial charge in [0.25, 0.3) is 0 Å². The van der Waals surface area contributed by atoms with Crippen molar-refractivity contribution in [2.24, 2.45) is 0 Å². The van der Waals surface area contributed by atoms with Crippen LogP contribution >= 0.6 is 18.2 Å². The SMILES string of the molecule is CCOP(=O)(Cl)OCc1cc(C(C)(C)C)c(O)c(C(C)(C)C)c1. The van der Waals surface area contributed by atoms with Crippen molar-refractivity contribution in [3.8, 4) is 5.75 Å². The maximum absolute atomic E-state index is 11.9. The molecule has 1 aromatic rings. The van der Waals surface area contributed by atoms with Crippen LogP contribution in [0.5, 0.6) is 5.75 Å². The predicted octanol–water partition coefficient (Wildman–Crippen LogP) is 5.89. The summed E-state index contributed by atoms with van der Waals surface area (Å²) in [6.07, 6.45) is 0. The van der Waals surface area contributed by atoms with Gasteiger partial charge in [-0.15, -0.1) is 0 Å². The number of phenols is 1. The Labute approximate surface area is 144 Å². The van der Waals surface area contributed by atoms with Crippen molar-refractivity contribution < 1.29 is 18.7 Å². The molecule has 0 aliphatic carbocycles. The fourth-order valence-electron chi connectivity index (χ4n) is 2.26. The molecule has 0 aliphatic rings. The largest absolute Gasteiger partial charge is 0.507 e. The molecule has 132 valence electrons. The van der Waals surface area contributed by atoms with Gasteiger partial charge in [0.2, 0.25) is 0 Å². The quantitative estimate of drug-likeness (QED) is 0.664. The number of hydrogen-bond donors (Lipinski definition) is 1. The van der Waals surface area contributed by atoms with E-state index in [1.165, 1.54) is 0 Å². The molecule has 0 heterocycles. The van der Waals surface area contributed by atoms with E-state index in [1.807, 2.05) is 53.7 Å². The van der Waals surface area contributed by atoms with Gasteiger partial charge in [0.05, 0.1) is 13.2 Å². The van der Waals surface area contributed by atoms with E-state index in [0.29, 0.717) is 5.75 Å². The number of aromatic hydroxyl groups is 1. The van der Waals surface area contributed by atoms with Gasteiger partial charge in [-0.05, 0) is 46.6 Å². The second kappa shape index (κ2) is 7.14. The monoisotopic (exact) mass is 362 g/mol. The fraction of sp³-hybridized carbons (Fsp3) is 0.647. The van der Waals surface area contributed by atoms with Crippen LogP contribution < -0.4 is 0 Å². The Morgan fingerprint density at radius 2 is 1.48 bits per heavy atom. The molecule has 0 amide bonds. The topological polar surface area (TPSA) is 55.8 Å². The van der Waals surface area contributed by atoms with Crippen molar-refractivity contribution in [2.45, 2.75) is 65.9 Å². The molecule has 0 spiro atoms. The second-order valence-corrected chi connectivity index (χ2v) is 10.3. The number of benzene rings is 1. The maximum Gasteiger partial charge on any atom is 0.424 e. The highest BCUT2D eigenvalue weighted by atomic mass is 35.7. The van der Waals surface area contributed by atoms with Crippen molar-refractivity contribution >= 4 is 18.2 Å². The third-order valence-electron chi connectivity index (χ3n) is 3.45. The smallest absolute Gasteiger partial charge is 0.424 e. The summed E-state index contributed by atoms with van der Waals surface area (Å²) in [5.41, 5.74) is 1.99. The highest BCUT2D eigenvalue weighted by Crippen LogP contribution is 2.54. The van der Waals surface area contributed by atoms with Crippen molar-refractivity contribution in [3.05, 3.63) is 28.8 Å². The summed E-state index contributed by atoms with van der Waals surface area (Å²) in [5.74, 6) is 0.299. The summed E-state index contributed by atoms with van der Waals surface area (Å²) >= 11 is 5.74. The molecule has 23 heavy (non-hydrogen) atoms. The van der Waals surface area contributed by atoms with Crippen LogP contribution in [0.3, 0.4) is 0 Å². The molecule has 0 aromatic heterocycles. The van der Waals surface area contributed by atoms with Gasteiger partial charge < -0.3 is 5.11 Å². The third kappa shape index (κ3) is 5.79. The Morgan fingerprint density at radius 3 is 1.83 bits per heavy atom. The van der Waals surface area contributed by atoms with Crippen molar-refractivity contribution in [2.75, 3.05) is 6.61 Å². The van der Waals surface area contributed by atoms with Crippen LogP contribution in [0, 0.1) is 0 Å². The standard InChI is InChI=1S/C17H28ClO4P/c1-8-21-23(18,20)22-11-12-9-13(16(2,3)4)15(19)14(10-12)17(5,6)7/h9-10,19H,8,11H2,1-7H3. The zero-order valence-electron chi connectivity index (χ0n) is 15.1. The first kappa shape index (κ1) is 20.5. The fourth-order valence-corrected chi connectivity index (χ4v) is 3.39. The lowest BCUT2D eigenvalue weighted by Crippen LogP contribution is -2.18. The lowest BCUT2D eigenvalue weighted by Gasteiger charge is -2.28. The molecule has 1 atom stereocenters. The maximum atomic E-state index is 11.9. The van der Waals surface area contributed by atoms with Crippen LogP contribution in [-0.4, -0.2) is 11.7 Å². The first-order valence-electron chi connectivity index (χ1n) is 7.73. The van der Waals surface area contributed by atoms with E-state index in [4.69, 9.17) is 20.3 Å². The van der Waals surface area contributed by atoms with E-state index in [1.54, 1.807) is 6.92 Å². The Kier molecular flexibility index (Phi) is 6.37. The summed E-state index contributed by atoms with van der Waals surface area (Å²) in [7, 11) is 0. The van der Waals surface area contributed by atoms with Gasteiger partial charge in [0.1, 0.15) is 5.75 Å². The van der Waals surface area contributed by atoms with Gasteiger partial charge in [0.15, 0.2) is 0 Å². The summed E-state index contributed by atoms with van der Waals surface area (Å²) in [6.45, 7) is 10.6. The highest BCUT2D eigenvalue weighted by molar-refractivity contribution is 7.81. The molecular formula is C17H28ClO4P. The zero-order chi connectivity index (χ0) is 18.1. The minimum absolute atomic E-state index is 0.0627. The Bertz CT molecular complexity index is 565. The molecule has 0 bridgehead atoms. The minimum atomic E-state index is -3.57. The van der Waals surface area contributed by atoms with Crippen molar-refractivity contribution in [1.29, 1.82) is 0 Å². The van der Waals surface area contributed by atoms with E-state index in [0.717, 1.165) is 16.7 Å². The molecule has 1 unspecified atom stereocenters. The molecule has 0 radical (unpaired) electrons. The summed E-state index contributed by atoms with van der Waals surface area (Å²) in [5, 5.41) is 10.7.